The summed E-state index contributed by atoms with van der Waals surface area (Å²) in [7, 11) is 0. The Balaban J connectivity index is 1.82. The molecule has 0 saturated carbocycles. The Morgan fingerprint density at radius 3 is 3.00 bits per heavy atom. The third kappa shape index (κ3) is 1.91. The maximum atomic E-state index is 9.33. The fourth-order valence-electron chi connectivity index (χ4n) is 2.75. The van der Waals surface area contributed by atoms with Crippen LogP contribution in [0.5, 0.6) is 0 Å². The van der Waals surface area contributed by atoms with E-state index < -0.39 is 0 Å². The second-order valence-electron chi connectivity index (χ2n) is 4.87. The maximum absolute atomic E-state index is 9.33. The van der Waals surface area contributed by atoms with Crippen molar-refractivity contribution in [1.29, 1.82) is 0 Å². The second-order valence-corrected chi connectivity index (χ2v) is 4.87. The molecule has 3 rings (SSSR count). The average molecular weight is 263 g/mol. The van der Waals surface area contributed by atoms with Gasteiger partial charge in [-0.25, -0.2) is 9.98 Å². The zero-order chi connectivity index (χ0) is 13.4. The van der Waals surface area contributed by atoms with Crippen molar-refractivity contribution in [2.75, 3.05) is 13.2 Å². The molecular weight excluding hydrogens is 246 g/mol. The van der Waals surface area contributed by atoms with Crippen LogP contribution in [0.15, 0.2) is 33.2 Å². The number of aliphatic hydroxyl groups is 2. The van der Waals surface area contributed by atoms with Gasteiger partial charge in [0.2, 0.25) is 0 Å². The summed E-state index contributed by atoms with van der Waals surface area (Å²) in [5, 5.41) is 21.5. The quantitative estimate of drug-likeness (QED) is 0.474. The fourth-order valence-corrected chi connectivity index (χ4v) is 2.75. The second kappa shape index (κ2) is 4.67. The van der Waals surface area contributed by atoms with E-state index in [0.29, 0.717) is 11.5 Å². The summed E-state index contributed by atoms with van der Waals surface area (Å²) in [6.07, 6.45) is 5.84. The number of nitrogens with two attached hydrogens (primary N) is 1. The molecule has 7 heteroatoms. The highest BCUT2D eigenvalue weighted by Crippen LogP contribution is 2.33. The number of aliphatic imine (C=N–C) groups is 2. The van der Waals surface area contributed by atoms with Crippen LogP contribution in [0.25, 0.3) is 0 Å². The molecule has 0 bridgehead atoms. The van der Waals surface area contributed by atoms with Crippen molar-refractivity contribution in [3.05, 3.63) is 23.2 Å². The zero-order valence-corrected chi connectivity index (χ0v) is 10.4. The molecule has 0 spiro atoms. The third-order valence-electron chi connectivity index (χ3n) is 3.81. The van der Waals surface area contributed by atoms with Gasteiger partial charge in [0.15, 0.2) is 6.17 Å². The van der Waals surface area contributed by atoms with Crippen LogP contribution in [-0.4, -0.2) is 53.2 Å². The summed E-state index contributed by atoms with van der Waals surface area (Å²) in [5.41, 5.74) is 7.42. The van der Waals surface area contributed by atoms with E-state index in [0.717, 1.165) is 12.0 Å². The summed E-state index contributed by atoms with van der Waals surface area (Å²) >= 11 is 0. The van der Waals surface area contributed by atoms with E-state index in [4.69, 9.17) is 5.73 Å². The van der Waals surface area contributed by atoms with Gasteiger partial charge in [0.25, 0.3) is 0 Å². The van der Waals surface area contributed by atoms with Crippen molar-refractivity contribution in [2.24, 2.45) is 21.6 Å². The Morgan fingerprint density at radius 1 is 1.47 bits per heavy atom. The summed E-state index contributed by atoms with van der Waals surface area (Å²) in [6, 6.07) is 0.0774. The fraction of sp³-hybridized carbons (Fsp3) is 0.500. The van der Waals surface area contributed by atoms with Gasteiger partial charge in [0.05, 0.1) is 25.3 Å². The Labute approximate surface area is 110 Å². The minimum Gasteiger partial charge on any atom is -0.396 e. The molecule has 0 amide bonds. The predicted octanol–water partition coefficient (Wildman–Crippen LogP) is -1.28. The van der Waals surface area contributed by atoms with Crippen LogP contribution in [0, 0.1) is 5.92 Å². The van der Waals surface area contributed by atoms with Gasteiger partial charge in [-0.15, -0.1) is 0 Å². The molecule has 0 fully saturated rings. The molecule has 7 nitrogen and oxygen atoms in total. The SMILES string of the molecule is NC1=C2N=CN([C@H]3C=C(CO)[C@@H](CO)C3)C2N=CN1. The molecule has 102 valence electrons. The molecule has 1 unspecified atom stereocenters. The summed E-state index contributed by atoms with van der Waals surface area (Å²) in [6.45, 7) is 0.0290. The van der Waals surface area contributed by atoms with Crippen molar-refractivity contribution in [3.8, 4) is 0 Å². The molecule has 2 aliphatic heterocycles. The topological polar surface area (TPSA) is 106 Å². The van der Waals surface area contributed by atoms with E-state index in [2.05, 4.69) is 15.3 Å². The summed E-state index contributed by atoms with van der Waals surface area (Å²) in [4.78, 5) is 10.6. The standard InChI is InChI=1S/C12H17N5O2/c13-11-10-12(15-5-14-11)17(6-16-10)9-1-7(3-18)8(2-9)4-19/h1,5-6,8-9,12,18-19H,2-4,13H2,(H,14,15)/t8-,9+,12?/m1/s1. The van der Waals surface area contributed by atoms with E-state index in [-0.39, 0.29) is 31.3 Å². The van der Waals surface area contributed by atoms with E-state index >= 15 is 0 Å². The molecule has 0 saturated heterocycles. The lowest BCUT2D eigenvalue weighted by atomic mass is 10.0. The highest BCUT2D eigenvalue weighted by Gasteiger charge is 2.37. The van der Waals surface area contributed by atoms with Crippen LogP contribution in [0.3, 0.4) is 0 Å². The van der Waals surface area contributed by atoms with Crippen LogP contribution < -0.4 is 11.1 Å². The maximum Gasteiger partial charge on any atom is 0.170 e. The molecular formula is C12H17N5O2. The first-order valence-corrected chi connectivity index (χ1v) is 6.26. The minimum atomic E-state index is -0.208. The highest BCUT2D eigenvalue weighted by molar-refractivity contribution is 5.69. The lowest BCUT2D eigenvalue weighted by Crippen LogP contribution is -2.41. The number of aliphatic hydroxyl groups excluding tert-OH is 2. The van der Waals surface area contributed by atoms with Crippen molar-refractivity contribution in [2.45, 2.75) is 18.6 Å². The lowest BCUT2D eigenvalue weighted by molar-refractivity contribution is 0.212. The zero-order valence-electron chi connectivity index (χ0n) is 10.4. The molecule has 5 N–H and O–H groups in total. The number of hydrogen-bond donors (Lipinski definition) is 4. The van der Waals surface area contributed by atoms with Crippen LogP contribution in [0.1, 0.15) is 6.42 Å². The Bertz CT molecular complexity index is 496. The van der Waals surface area contributed by atoms with Gasteiger partial charge in [-0.1, -0.05) is 6.08 Å². The molecule has 0 radical (unpaired) electrons. The van der Waals surface area contributed by atoms with Crippen LogP contribution in [0.2, 0.25) is 0 Å². The molecule has 0 aromatic carbocycles. The molecule has 19 heavy (non-hydrogen) atoms. The van der Waals surface area contributed by atoms with Crippen molar-refractivity contribution in [1.82, 2.24) is 10.2 Å². The normalized spacial score (nSPS) is 32.6. The van der Waals surface area contributed by atoms with E-state index in [9.17, 15) is 10.2 Å². The van der Waals surface area contributed by atoms with Crippen molar-refractivity contribution in [3.63, 3.8) is 0 Å². The Hall–Kier alpha value is -1.86. The van der Waals surface area contributed by atoms with Gasteiger partial charge in [0, 0.05) is 12.5 Å². The van der Waals surface area contributed by atoms with Crippen LogP contribution >= 0.6 is 0 Å². The van der Waals surface area contributed by atoms with Gasteiger partial charge in [-0.3, -0.25) is 0 Å². The Morgan fingerprint density at radius 2 is 2.32 bits per heavy atom. The van der Waals surface area contributed by atoms with Gasteiger partial charge >= 0.3 is 0 Å². The third-order valence-corrected chi connectivity index (χ3v) is 3.81. The highest BCUT2D eigenvalue weighted by atomic mass is 16.3. The predicted molar refractivity (Wildman–Crippen MR) is 71.1 cm³/mol. The van der Waals surface area contributed by atoms with E-state index in [1.807, 2.05) is 11.0 Å². The molecule has 0 aromatic rings. The van der Waals surface area contributed by atoms with Crippen molar-refractivity contribution < 1.29 is 10.2 Å². The summed E-state index contributed by atoms with van der Waals surface area (Å²) in [5.74, 6) is 0.529. The molecule has 3 aliphatic rings. The molecule has 1 aliphatic carbocycles. The van der Waals surface area contributed by atoms with Gasteiger partial charge in [-0.2, -0.15) is 0 Å². The first kappa shape index (κ1) is 12.2. The molecule has 2 heterocycles. The molecule has 0 aromatic heterocycles. The van der Waals surface area contributed by atoms with Crippen LogP contribution in [-0.2, 0) is 0 Å². The van der Waals surface area contributed by atoms with Crippen molar-refractivity contribution >= 4 is 12.7 Å². The number of fused-ring (bicyclic) bond motifs is 1. The smallest absolute Gasteiger partial charge is 0.170 e. The number of hydrogen-bond acceptors (Lipinski definition) is 7. The number of nitrogens with one attached hydrogen (secondary N) is 1. The monoisotopic (exact) mass is 263 g/mol. The summed E-state index contributed by atoms with van der Waals surface area (Å²) < 4.78 is 0. The lowest BCUT2D eigenvalue weighted by Gasteiger charge is -2.29. The largest absolute Gasteiger partial charge is 0.396 e. The average Bonchev–Trinajstić information content (AvgIpc) is 3.02. The van der Waals surface area contributed by atoms with E-state index in [1.165, 1.54) is 0 Å². The van der Waals surface area contributed by atoms with Crippen LogP contribution in [0.4, 0.5) is 0 Å². The van der Waals surface area contributed by atoms with Gasteiger partial charge < -0.3 is 26.2 Å². The van der Waals surface area contributed by atoms with E-state index in [1.54, 1.807) is 12.7 Å². The number of nitrogens with zero attached hydrogens (tertiary/aromatic N) is 3. The molecule has 3 atom stereocenters. The Kier molecular flexibility index (Phi) is 3.00. The number of rotatable bonds is 3. The minimum absolute atomic E-state index is 0.0134. The first-order valence-electron chi connectivity index (χ1n) is 6.26. The van der Waals surface area contributed by atoms with Gasteiger partial charge in [0.1, 0.15) is 11.5 Å². The van der Waals surface area contributed by atoms with Gasteiger partial charge in [-0.05, 0) is 12.0 Å². The first-order chi connectivity index (χ1) is 9.24.